The summed E-state index contributed by atoms with van der Waals surface area (Å²) in [6.45, 7) is 2.01. The van der Waals surface area contributed by atoms with Gasteiger partial charge in [-0.15, -0.1) is 0 Å². The Balaban J connectivity index is 1.52. The smallest absolute Gasteiger partial charge is 0.267 e. The number of carbonyl (C=O) groups is 2. The van der Waals surface area contributed by atoms with Crippen LogP contribution in [0.3, 0.4) is 0 Å². The minimum absolute atomic E-state index is 0.177. The summed E-state index contributed by atoms with van der Waals surface area (Å²) in [6.07, 6.45) is -0.00319. The number of aryl methyl sites for hydroxylation is 1. The first kappa shape index (κ1) is 23.3. The zero-order chi connectivity index (χ0) is 24.3. The van der Waals surface area contributed by atoms with Gasteiger partial charge in [-0.25, -0.2) is 8.42 Å². The first-order chi connectivity index (χ1) is 16.2. The number of para-hydroxylation sites is 1. The van der Waals surface area contributed by atoms with Crippen molar-refractivity contribution in [2.45, 2.75) is 19.6 Å². The summed E-state index contributed by atoms with van der Waals surface area (Å²) in [5.41, 5.74) is 2.81. The van der Waals surface area contributed by atoms with E-state index in [-0.39, 0.29) is 12.5 Å². The molecule has 3 aromatic carbocycles. The highest BCUT2D eigenvalue weighted by atomic mass is 32.2. The Labute approximate surface area is 198 Å². The molecule has 0 aromatic heterocycles. The van der Waals surface area contributed by atoms with E-state index in [0.717, 1.165) is 17.4 Å². The quantitative estimate of drug-likeness (QED) is 0.565. The molecule has 2 N–H and O–H groups in total. The number of hydrogen-bond donors (Lipinski definition) is 2. The van der Waals surface area contributed by atoms with Crippen LogP contribution in [-0.4, -0.2) is 39.1 Å². The molecule has 8 nitrogen and oxygen atoms in total. The van der Waals surface area contributed by atoms with Crippen molar-refractivity contribution in [3.63, 3.8) is 0 Å². The summed E-state index contributed by atoms with van der Waals surface area (Å²) in [4.78, 5) is 25.9. The van der Waals surface area contributed by atoms with Crippen LogP contribution in [0.25, 0.3) is 0 Å². The summed E-state index contributed by atoms with van der Waals surface area (Å²) in [5.74, 6) is -0.595. The second-order valence-corrected chi connectivity index (χ2v) is 9.98. The van der Waals surface area contributed by atoms with Gasteiger partial charge in [0.25, 0.3) is 11.8 Å². The number of carbonyl (C=O) groups excluding carboxylic acids is 2. The molecule has 1 aliphatic heterocycles. The molecule has 1 unspecified atom stereocenters. The summed E-state index contributed by atoms with van der Waals surface area (Å²) < 4.78 is 31.8. The van der Waals surface area contributed by atoms with E-state index in [9.17, 15) is 18.0 Å². The Bertz CT molecular complexity index is 1330. The molecule has 176 valence electrons. The van der Waals surface area contributed by atoms with Crippen LogP contribution >= 0.6 is 0 Å². The number of benzene rings is 3. The molecule has 1 aliphatic rings. The van der Waals surface area contributed by atoms with Gasteiger partial charge >= 0.3 is 0 Å². The largest absolute Gasteiger partial charge is 0.476 e. The Morgan fingerprint density at radius 2 is 1.74 bits per heavy atom. The average Bonchev–Trinajstić information content (AvgIpc) is 2.82. The van der Waals surface area contributed by atoms with Crippen molar-refractivity contribution in [1.29, 1.82) is 0 Å². The number of amides is 2. The number of anilines is 2. The predicted molar refractivity (Wildman–Crippen MR) is 130 cm³/mol. The maximum absolute atomic E-state index is 13.1. The van der Waals surface area contributed by atoms with Crippen LogP contribution in [0.1, 0.15) is 21.5 Å². The van der Waals surface area contributed by atoms with Crippen LogP contribution in [0.2, 0.25) is 0 Å². The van der Waals surface area contributed by atoms with Crippen molar-refractivity contribution in [3.8, 4) is 5.75 Å². The number of hydrogen-bond acceptors (Lipinski definition) is 5. The second kappa shape index (κ2) is 9.56. The number of sulfonamides is 1. The van der Waals surface area contributed by atoms with Crippen molar-refractivity contribution in [2.75, 3.05) is 22.4 Å². The van der Waals surface area contributed by atoms with E-state index >= 15 is 0 Å². The van der Waals surface area contributed by atoms with Crippen LogP contribution in [0.15, 0.2) is 72.8 Å². The molecule has 9 heteroatoms. The van der Waals surface area contributed by atoms with Crippen molar-refractivity contribution in [3.05, 3.63) is 89.5 Å². The fraction of sp³-hybridized carbons (Fsp3) is 0.200. The molecule has 0 radical (unpaired) electrons. The molecule has 0 aliphatic carbocycles. The lowest BCUT2D eigenvalue weighted by Gasteiger charge is -2.34. The van der Waals surface area contributed by atoms with Gasteiger partial charge in [0.2, 0.25) is 10.0 Å². The van der Waals surface area contributed by atoms with E-state index in [0.29, 0.717) is 29.2 Å². The number of fused-ring (bicyclic) bond motifs is 1. The maximum atomic E-state index is 13.1. The van der Waals surface area contributed by atoms with E-state index in [2.05, 4.69) is 10.6 Å². The Kier molecular flexibility index (Phi) is 6.56. The lowest BCUT2D eigenvalue weighted by atomic mass is 10.1. The third-order valence-electron chi connectivity index (χ3n) is 5.40. The van der Waals surface area contributed by atoms with Gasteiger partial charge in [0.1, 0.15) is 5.75 Å². The minimum atomic E-state index is -3.64. The summed E-state index contributed by atoms with van der Waals surface area (Å²) in [6, 6.07) is 21.2. The molecule has 2 amide bonds. The van der Waals surface area contributed by atoms with Gasteiger partial charge in [-0.2, -0.15) is 0 Å². The molecule has 3 aromatic rings. The second-order valence-electron chi connectivity index (χ2n) is 8.07. The van der Waals surface area contributed by atoms with E-state index in [4.69, 9.17) is 4.74 Å². The molecule has 1 heterocycles. The van der Waals surface area contributed by atoms with Crippen molar-refractivity contribution in [1.82, 2.24) is 5.32 Å². The molecule has 0 spiro atoms. The molecule has 1 atom stereocenters. The van der Waals surface area contributed by atoms with Gasteiger partial charge in [-0.1, -0.05) is 48.5 Å². The normalized spacial score (nSPS) is 15.1. The van der Waals surface area contributed by atoms with Gasteiger partial charge in [-0.05, 0) is 42.3 Å². The first-order valence-corrected chi connectivity index (χ1v) is 12.5. The van der Waals surface area contributed by atoms with Gasteiger partial charge in [0.05, 0.1) is 29.7 Å². The third-order valence-corrected chi connectivity index (χ3v) is 6.55. The monoisotopic (exact) mass is 479 g/mol. The fourth-order valence-electron chi connectivity index (χ4n) is 3.69. The van der Waals surface area contributed by atoms with Gasteiger partial charge < -0.3 is 15.4 Å². The van der Waals surface area contributed by atoms with Crippen LogP contribution in [-0.2, 0) is 21.4 Å². The van der Waals surface area contributed by atoms with Crippen molar-refractivity contribution in [2.24, 2.45) is 0 Å². The Hall–Kier alpha value is -3.85. The van der Waals surface area contributed by atoms with Crippen molar-refractivity contribution >= 4 is 33.2 Å². The van der Waals surface area contributed by atoms with Crippen LogP contribution in [0, 0.1) is 6.92 Å². The number of rotatable bonds is 6. The Morgan fingerprint density at radius 1 is 1.03 bits per heavy atom. The highest BCUT2D eigenvalue weighted by Crippen LogP contribution is 2.36. The third kappa shape index (κ3) is 5.20. The molecule has 34 heavy (non-hydrogen) atoms. The van der Waals surface area contributed by atoms with E-state index < -0.39 is 22.0 Å². The zero-order valence-electron chi connectivity index (χ0n) is 18.8. The lowest BCUT2D eigenvalue weighted by Crippen LogP contribution is -2.48. The molecular weight excluding hydrogens is 454 g/mol. The molecule has 0 fully saturated rings. The first-order valence-electron chi connectivity index (χ1n) is 10.7. The molecule has 0 bridgehead atoms. The SMILES string of the molecule is Cc1ccc2c(c1)N(S(C)(=O)=O)CC(C(=O)Nc1ccccc1C(=O)NCc1ccccc1)O2. The summed E-state index contributed by atoms with van der Waals surface area (Å²) in [5, 5.41) is 5.57. The van der Waals surface area contributed by atoms with Gasteiger partial charge in [-0.3, -0.25) is 13.9 Å². The van der Waals surface area contributed by atoms with E-state index in [1.54, 1.807) is 42.5 Å². The number of nitrogens with one attached hydrogen (secondary N) is 2. The Morgan fingerprint density at radius 3 is 2.47 bits per heavy atom. The molecule has 0 saturated heterocycles. The maximum Gasteiger partial charge on any atom is 0.267 e. The van der Waals surface area contributed by atoms with E-state index in [1.807, 2.05) is 37.3 Å². The average molecular weight is 480 g/mol. The zero-order valence-corrected chi connectivity index (χ0v) is 19.6. The number of nitrogens with zero attached hydrogens (tertiary/aromatic N) is 1. The fourth-order valence-corrected chi connectivity index (χ4v) is 4.59. The van der Waals surface area contributed by atoms with Crippen LogP contribution < -0.4 is 19.7 Å². The molecule has 4 rings (SSSR count). The lowest BCUT2D eigenvalue weighted by molar-refractivity contribution is -0.122. The minimum Gasteiger partial charge on any atom is -0.476 e. The number of ether oxygens (including phenoxy) is 1. The topological polar surface area (TPSA) is 105 Å². The molecular formula is C25H25N3O5S. The molecule has 0 saturated carbocycles. The van der Waals surface area contributed by atoms with E-state index in [1.165, 1.54) is 4.31 Å². The van der Waals surface area contributed by atoms with Crippen molar-refractivity contribution < 1.29 is 22.7 Å². The summed E-state index contributed by atoms with van der Waals surface area (Å²) in [7, 11) is -3.64. The van der Waals surface area contributed by atoms with Crippen LogP contribution in [0.5, 0.6) is 5.75 Å². The standard InChI is InChI=1S/C25H25N3O5S/c1-17-12-13-22-21(14-17)28(34(2,31)32)16-23(33-22)25(30)27-20-11-7-6-10-19(20)24(29)26-15-18-8-4-3-5-9-18/h3-14,23H,15-16H2,1-2H3,(H,26,29)(H,27,30). The summed E-state index contributed by atoms with van der Waals surface area (Å²) >= 11 is 0. The highest BCUT2D eigenvalue weighted by molar-refractivity contribution is 7.92. The van der Waals surface area contributed by atoms with Gasteiger partial charge in [0.15, 0.2) is 6.10 Å². The highest BCUT2D eigenvalue weighted by Gasteiger charge is 2.35. The van der Waals surface area contributed by atoms with Crippen LogP contribution in [0.4, 0.5) is 11.4 Å². The predicted octanol–water partition coefficient (Wildman–Crippen LogP) is 3.09. The van der Waals surface area contributed by atoms with Gasteiger partial charge in [0, 0.05) is 6.54 Å².